The summed E-state index contributed by atoms with van der Waals surface area (Å²) in [6.45, 7) is 13.7. The van der Waals surface area contributed by atoms with Crippen molar-refractivity contribution in [3.05, 3.63) is 45.6 Å². The van der Waals surface area contributed by atoms with Crippen LogP contribution in [0.15, 0.2) is 23.3 Å². The lowest BCUT2D eigenvalue weighted by Gasteiger charge is -2.24. The maximum absolute atomic E-state index is 10.7. The summed E-state index contributed by atoms with van der Waals surface area (Å²) in [5.74, 6) is 0.489. The minimum atomic E-state index is -0.802. The van der Waals surface area contributed by atoms with Crippen LogP contribution in [-0.4, -0.2) is 20.9 Å². The molecule has 3 N–H and O–H groups in total. The lowest BCUT2D eigenvalue weighted by atomic mass is 9.88. The highest BCUT2D eigenvalue weighted by atomic mass is 16.3. The summed E-state index contributed by atoms with van der Waals surface area (Å²) in [7, 11) is 0. The Balaban J connectivity index is 2.66. The van der Waals surface area contributed by atoms with Crippen LogP contribution in [0.3, 0.4) is 0 Å². The van der Waals surface area contributed by atoms with Crippen molar-refractivity contribution in [2.75, 3.05) is 0 Å². The third-order valence-corrected chi connectivity index (χ3v) is 5.55. The van der Waals surface area contributed by atoms with E-state index in [0.29, 0.717) is 36.0 Å². The number of phenols is 2. The van der Waals surface area contributed by atoms with Crippen LogP contribution in [0.2, 0.25) is 0 Å². The minimum absolute atomic E-state index is 0.244. The van der Waals surface area contributed by atoms with Crippen LogP contribution in [-0.2, 0) is 6.42 Å². The van der Waals surface area contributed by atoms with E-state index in [1.54, 1.807) is 0 Å². The fourth-order valence-electron chi connectivity index (χ4n) is 3.33. The number of aromatic hydroxyl groups is 2. The molecule has 0 amide bonds. The van der Waals surface area contributed by atoms with Crippen LogP contribution in [0, 0.1) is 20.8 Å². The fourth-order valence-corrected chi connectivity index (χ4v) is 3.33. The van der Waals surface area contributed by atoms with Gasteiger partial charge in [0.15, 0.2) is 0 Å². The summed E-state index contributed by atoms with van der Waals surface area (Å²) < 4.78 is 0. The van der Waals surface area contributed by atoms with Gasteiger partial charge in [-0.25, -0.2) is 0 Å². The Labute approximate surface area is 165 Å². The molecular weight excluding hydrogens is 336 g/mol. The Morgan fingerprint density at radius 3 is 2.04 bits per heavy atom. The van der Waals surface area contributed by atoms with E-state index in [9.17, 15) is 15.3 Å². The van der Waals surface area contributed by atoms with Crippen molar-refractivity contribution in [2.24, 2.45) is 0 Å². The maximum Gasteiger partial charge on any atom is 0.122 e. The third-order valence-electron chi connectivity index (χ3n) is 5.55. The van der Waals surface area contributed by atoms with E-state index in [4.69, 9.17) is 0 Å². The molecule has 0 fully saturated rings. The first-order valence-corrected chi connectivity index (χ1v) is 9.98. The van der Waals surface area contributed by atoms with Crippen LogP contribution >= 0.6 is 0 Å². The Bertz CT molecular complexity index is 676. The van der Waals surface area contributed by atoms with Crippen molar-refractivity contribution in [3.63, 3.8) is 0 Å². The van der Waals surface area contributed by atoms with Gasteiger partial charge in [-0.3, -0.25) is 0 Å². The van der Waals surface area contributed by atoms with E-state index in [1.165, 1.54) is 11.1 Å². The predicted molar refractivity (Wildman–Crippen MR) is 115 cm³/mol. The number of aliphatic hydroxyl groups is 1. The van der Waals surface area contributed by atoms with Crippen molar-refractivity contribution >= 4 is 0 Å². The van der Waals surface area contributed by atoms with Gasteiger partial charge in [0.25, 0.3) is 0 Å². The fraction of sp³-hybridized carbons (Fsp3) is 0.583. The van der Waals surface area contributed by atoms with E-state index in [1.807, 2.05) is 27.7 Å². The Morgan fingerprint density at radius 2 is 1.44 bits per heavy atom. The topological polar surface area (TPSA) is 60.7 Å². The highest BCUT2D eigenvalue weighted by Crippen LogP contribution is 2.37. The molecule has 27 heavy (non-hydrogen) atoms. The summed E-state index contributed by atoms with van der Waals surface area (Å²) in [4.78, 5) is 0. The summed E-state index contributed by atoms with van der Waals surface area (Å²) >= 11 is 0. The summed E-state index contributed by atoms with van der Waals surface area (Å²) in [5.41, 5.74) is 4.78. The Kier molecular flexibility index (Phi) is 8.61. The first kappa shape index (κ1) is 23.3. The van der Waals surface area contributed by atoms with Crippen molar-refractivity contribution < 1.29 is 15.3 Å². The number of benzene rings is 1. The van der Waals surface area contributed by atoms with Gasteiger partial charge in [0, 0.05) is 5.56 Å². The van der Waals surface area contributed by atoms with Gasteiger partial charge in [0.2, 0.25) is 0 Å². The summed E-state index contributed by atoms with van der Waals surface area (Å²) in [6, 6.07) is 0. The number of phenolic OH excluding ortho intramolecular Hbond substituents is 2. The molecule has 0 saturated carbocycles. The second-order valence-corrected chi connectivity index (χ2v) is 8.46. The van der Waals surface area contributed by atoms with Gasteiger partial charge < -0.3 is 15.3 Å². The first-order valence-electron chi connectivity index (χ1n) is 9.98. The molecule has 0 bridgehead atoms. The molecule has 1 atom stereocenters. The normalized spacial score (nSPS) is 14.1. The number of rotatable bonds is 9. The minimum Gasteiger partial charge on any atom is -0.507 e. The lowest BCUT2D eigenvalue weighted by Crippen LogP contribution is -2.24. The molecule has 3 nitrogen and oxygen atoms in total. The van der Waals surface area contributed by atoms with Gasteiger partial charge >= 0.3 is 0 Å². The highest BCUT2D eigenvalue weighted by Gasteiger charge is 2.22. The second kappa shape index (κ2) is 9.98. The van der Waals surface area contributed by atoms with E-state index in [2.05, 4.69) is 32.9 Å². The Hall–Kier alpha value is -1.74. The Morgan fingerprint density at radius 1 is 0.852 bits per heavy atom. The molecule has 1 rings (SSSR count). The molecule has 3 heteroatoms. The summed E-state index contributed by atoms with van der Waals surface area (Å²) in [6.07, 6.45) is 9.22. The van der Waals surface area contributed by atoms with Crippen molar-refractivity contribution in [2.45, 2.75) is 92.6 Å². The van der Waals surface area contributed by atoms with Gasteiger partial charge in [-0.05, 0) is 104 Å². The molecule has 0 aliphatic rings. The van der Waals surface area contributed by atoms with E-state index in [-0.39, 0.29) is 11.5 Å². The zero-order valence-electron chi connectivity index (χ0n) is 18.2. The average molecular weight is 375 g/mol. The molecule has 0 heterocycles. The standard InChI is InChI=1S/C24H38O3/c1-16(2)10-8-11-17(3)12-9-14-24(7,27)15-13-21-20(6)22(25)18(4)19(5)23(21)26/h10,12,25-27H,8-9,11,13-15H2,1-7H3/b17-12+/t24-/m1/s1. The average Bonchev–Trinajstić information content (AvgIpc) is 2.57. The van der Waals surface area contributed by atoms with Gasteiger partial charge in [-0.2, -0.15) is 0 Å². The SMILES string of the molecule is CC(C)=CCC/C(C)=C/CC[C@@](C)(O)CCc1c(C)c(O)c(C)c(C)c1O. The number of hydrogen-bond donors (Lipinski definition) is 3. The summed E-state index contributed by atoms with van der Waals surface area (Å²) in [5, 5.41) is 31.4. The van der Waals surface area contributed by atoms with E-state index >= 15 is 0 Å². The molecule has 0 aliphatic carbocycles. The molecule has 0 unspecified atom stereocenters. The van der Waals surface area contributed by atoms with Crippen LogP contribution in [0.25, 0.3) is 0 Å². The highest BCUT2D eigenvalue weighted by molar-refractivity contribution is 5.56. The monoisotopic (exact) mass is 374 g/mol. The third kappa shape index (κ3) is 7.06. The quantitative estimate of drug-likeness (QED) is 0.357. The van der Waals surface area contributed by atoms with Crippen LogP contribution in [0.4, 0.5) is 0 Å². The van der Waals surface area contributed by atoms with E-state index in [0.717, 1.165) is 24.8 Å². The van der Waals surface area contributed by atoms with Crippen LogP contribution in [0.1, 0.15) is 82.1 Å². The molecule has 0 saturated heterocycles. The molecule has 1 aromatic rings. The first-order chi connectivity index (χ1) is 12.5. The zero-order chi connectivity index (χ0) is 20.8. The number of allylic oxidation sites excluding steroid dienone is 4. The maximum atomic E-state index is 10.7. The zero-order valence-corrected chi connectivity index (χ0v) is 18.2. The molecule has 0 spiro atoms. The van der Waals surface area contributed by atoms with Crippen LogP contribution in [0.5, 0.6) is 11.5 Å². The molecule has 1 aromatic carbocycles. The molecule has 0 aromatic heterocycles. The lowest BCUT2D eigenvalue weighted by molar-refractivity contribution is 0.0431. The second-order valence-electron chi connectivity index (χ2n) is 8.46. The molecule has 152 valence electrons. The molecule has 0 radical (unpaired) electrons. The van der Waals surface area contributed by atoms with E-state index < -0.39 is 5.60 Å². The smallest absolute Gasteiger partial charge is 0.122 e. The van der Waals surface area contributed by atoms with Crippen molar-refractivity contribution in [1.82, 2.24) is 0 Å². The predicted octanol–water partition coefficient (Wildman–Crippen LogP) is 6.18. The molecular formula is C24H38O3. The van der Waals surface area contributed by atoms with Gasteiger partial charge in [-0.15, -0.1) is 0 Å². The van der Waals surface area contributed by atoms with Crippen LogP contribution < -0.4 is 0 Å². The van der Waals surface area contributed by atoms with Gasteiger partial charge in [0.1, 0.15) is 11.5 Å². The number of hydrogen-bond acceptors (Lipinski definition) is 3. The van der Waals surface area contributed by atoms with Gasteiger partial charge in [-0.1, -0.05) is 23.3 Å². The van der Waals surface area contributed by atoms with Crippen molar-refractivity contribution in [3.8, 4) is 11.5 Å². The van der Waals surface area contributed by atoms with Crippen molar-refractivity contribution in [1.29, 1.82) is 0 Å². The van der Waals surface area contributed by atoms with Gasteiger partial charge in [0.05, 0.1) is 5.60 Å². The molecule has 0 aliphatic heterocycles. The largest absolute Gasteiger partial charge is 0.507 e.